The van der Waals surface area contributed by atoms with Crippen LogP contribution in [0, 0.1) is 5.82 Å². The van der Waals surface area contributed by atoms with Crippen LogP contribution in [0.1, 0.15) is 13.3 Å². The Labute approximate surface area is 146 Å². The first-order chi connectivity index (χ1) is 10.8. The van der Waals surface area contributed by atoms with E-state index < -0.39 is 21.7 Å². The Morgan fingerprint density at radius 2 is 2.22 bits per heavy atom. The SMILES string of the molecule is CCC(=O)N=C1S[C@H]2CS(=O)(=O)C[C@H]2N1c1ccc(Br)cc1F. The number of nitrogens with zero attached hydrogens (tertiary/aromatic N) is 2. The molecule has 0 bridgehead atoms. The minimum atomic E-state index is -3.16. The average Bonchev–Trinajstić information content (AvgIpc) is 2.91. The van der Waals surface area contributed by atoms with Crippen molar-refractivity contribution >= 4 is 54.3 Å². The molecule has 0 unspecified atom stereocenters. The fraction of sp³-hybridized carbons (Fsp3) is 0.429. The molecule has 0 aromatic heterocycles. The van der Waals surface area contributed by atoms with Crippen LogP contribution in [0.15, 0.2) is 27.7 Å². The van der Waals surface area contributed by atoms with E-state index in [1.165, 1.54) is 17.8 Å². The molecular weight excluding hydrogens is 407 g/mol. The molecule has 0 saturated carbocycles. The van der Waals surface area contributed by atoms with Crippen molar-refractivity contribution in [3.05, 3.63) is 28.5 Å². The summed E-state index contributed by atoms with van der Waals surface area (Å²) in [5.41, 5.74) is 0.243. The third-order valence-corrected chi connectivity index (χ3v) is 7.46. The highest BCUT2D eigenvalue weighted by molar-refractivity contribution is 9.10. The average molecular weight is 421 g/mol. The number of anilines is 1. The first-order valence-electron chi connectivity index (χ1n) is 7.03. The molecule has 2 fully saturated rings. The van der Waals surface area contributed by atoms with Crippen molar-refractivity contribution in [2.75, 3.05) is 16.4 Å². The molecule has 2 aliphatic heterocycles. The number of carbonyl (C=O) groups excluding carboxylic acids is 1. The molecule has 5 nitrogen and oxygen atoms in total. The van der Waals surface area contributed by atoms with E-state index in [-0.39, 0.29) is 34.8 Å². The second-order valence-corrected chi connectivity index (χ2v) is 9.68. The van der Waals surface area contributed by atoms with Gasteiger partial charge < -0.3 is 4.90 Å². The van der Waals surface area contributed by atoms with Crippen LogP contribution < -0.4 is 4.90 Å². The first kappa shape index (κ1) is 16.9. The van der Waals surface area contributed by atoms with Gasteiger partial charge in [0, 0.05) is 16.1 Å². The number of amidine groups is 1. The molecule has 9 heteroatoms. The van der Waals surface area contributed by atoms with Gasteiger partial charge in [-0.2, -0.15) is 4.99 Å². The van der Waals surface area contributed by atoms with Crippen molar-refractivity contribution < 1.29 is 17.6 Å². The molecule has 1 aromatic carbocycles. The maximum atomic E-state index is 14.4. The lowest BCUT2D eigenvalue weighted by atomic mass is 10.2. The smallest absolute Gasteiger partial charge is 0.247 e. The normalized spacial score (nSPS) is 27.4. The number of hydrogen-bond donors (Lipinski definition) is 0. The fourth-order valence-corrected chi connectivity index (χ4v) is 6.97. The largest absolute Gasteiger partial charge is 0.313 e. The third-order valence-electron chi connectivity index (χ3n) is 3.76. The lowest BCUT2D eigenvalue weighted by molar-refractivity contribution is -0.117. The highest BCUT2D eigenvalue weighted by Gasteiger charge is 2.49. The summed E-state index contributed by atoms with van der Waals surface area (Å²) in [6, 6.07) is 4.16. The Balaban J connectivity index is 2.06. The number of benzene rings is 1. The Bertz CT molecular complexity index is 797. The topological polar surface area (TPSA) is 66.8 Å². The lowest BCUT2D eigenvalue weighted by Crippen LogP contribution is -2.38. The molecule has 0 aliphatic carbocycles. The zero-order chi connectivity index (χ0) is 16.8. The monoisotopic (exact) mass is 420 g/mol. The summed E-state index contributed by atoms with van der Waals surface area (Å²) in [5.74, 6) is -0.824. The predicted octanol–water partition coefficient (Wildman–Crippen LogP) is 2.60. The van der Waals surface area contributed by atoms with E-state index in [4.69, 9.17) is 0 Å². The number of fused-ring (bicyclic) bond motifs is 1. The Morgan fingerprint density at radius 3 is 2.87 bits per heavy atom. The van der Waals surface area contributed by atoms with E-state index in [2.05, 4.69) is 20.9 Å². The Morgan fingerprint density at radius 1 is 1.48 bits per heavy atom. The number of carbonyl (C=O) groups is 1. The Hall–Kier alpha value is -0.930. The molecule has 23 heavy (non-hydrogen) atoms. The summed E-state index contributed by atoms with van der Waals surface area (Å²) >= 11 is 4.44. The number of amides is 1. The molecule has 2 atom stereocenters. The van der Waals surface area contributed by atoms with Crippen LogP contribution in [0.3, 0.4) is 0 Å². The number of sulfone groups is 1. The van der Waals surface area contributed by atoms with Gasteiger partial charge in [-0.1, -0.05) is 34.6 Å². The summed E-state index contributed by atoms with van der Waals surface area (Å²) in [6.45, 7) is 1.70. The molecule has 2 saturated heterocycles. The van der Waals surface area contributed by atoms with Crippen molar-refractivity contribution in [2.24, 2.45) is 4.99 Å². The molecule has 1 amide bonds. The summed E-state index contributed by atoms with van der Waals surface area (Å²) in [5, 5.41) is 0.148. The van der Waals surface area contributed by atoms with Gasteiger partial charge in [0.05, 0.1) is 23.2 Å². The second-order valence-electron chi connectivity index (χ2n) is 5.41. The van der Waals surface area contributed by atoms with Crippen LogP contribution >= 0.6 is 27.7 Å². The van der Waals surface area contributed by atoms with Crippen LogP contribution in [0.4, 0.5) is 10.1 Å². The highest BCUT2D eigenvalue weighted by Crippen LogP contribution is 2.42. The van der Waals surface area contributed by atoms with Gasteiger partial charge in [0.1, 0.15) is 5.82 Å². The minimum Gasteiger partial charge on any atom is -0.313 e. The van der Waals surface area contributed by atoms with Gasteiger partial charge in [0.15, 0.2) is 15.0 Å². The van der Waals surface area contributed by atoms with E-state index in [1.807, 2.05) is 0 Å². The quantitative estimate of drug-likeness (QED) is 0.735. The van der Waals surface area contributed by atoms with Crippen molar-refractivity contribution in [3.8, 4) is 0 Å². The van der Waals surface area contributed by atoms with Gasteiger partial charge >= 0.3 is 0 Å². The molecule has 0 N–H and O–H groups in total. The molecule has 1 aromatic rings. The number of rotatable bonds is 2. The zero-order valence-electron chi connectivity index (χ0n) is 12.2. The number of aliphatic imine (C=N–C) groups is 1. The lowest BCUT2D eigenvalue weighted by Gasteiger charge is -2.25. The molecule has 0 radical (unpaired) electrons. The van der Waals surface area contributed by atoms with Crippen molar-refractivity contribution in [1.82, 2.24) is 0 Å². The van der Waals surface area contributed by atoms with E-state index in [9.17, 15) is 17.6 Å². The zero-order valence-corrected chi connectivity index (χ0v) is 15.4. The van der Waals surface area contributed by atoms with E-state index in [0.29, 0.717) is 9.64 Å². The van der Waals surface area contributed by atoms with Gasteiger partial charge in [-0.05, 0) is 18.2 Å². The Kier molecular flexibility index (Phi) is 4.54. The summed E-state index contributed by atoms with van der Waals surface area (Å²) in [7, 11) is -3.16. The molecule has 3 rings (SSSR count). The standard InChI is InChI=1S/C14H14BrFN2O3S2/c1-2-13(19)17-14-18(10-4-3-8(15)5-9(10)16)11-6-23(20,21)7-12(11)22-14/h3-5,11-12H,2,6-7H2,1H3/t11-,12+/m1/s1. The summed E-state index contributed by atoms with van der Waals surface area (Å²) < 4.78 is 38.8. The predicted molar refractivity (Wildman–Crippen MR) is 93.1 cm³/mol. The van der Waals surface area contributed by atoms with Crippen molar-refractivity contribution in [1.29, 1.82) is 0 Å². The van der Waals surface area contributed by atoms with Crippen LogP contribution in [0.5, 0.6) is 0 Å². The van der Waals surface area contributed by atoms with E-state index in [1.54, 1.807) is 24.0 Å². The van der Waals surface area contributed by atoms with E-state index >= 15 is 0 Å². The second kappa shape index (κ2) is 6.18. The summed E-state index contributed by atoms with van der Waals surface area (Å²) in [6.07, 6.45) is 0.244. The van der Waals surface area contributed by atoms with Gasteiger partial charge in [-0.15, -0.1) is 0 Å². The molecule has 0 spiro atoms. The molecule has 124 valence electrons. The van der Waals surface area contributed by atoms with Crippen LogP contribution in [0.25, 0.3) is 0 Å². The van der Waals surface area contributed by atoms with E-state index in [0.717, 1.165) is 0 Å². The number of halogens is 2. The van der Waals surface area contributed by atoms with Gasteiger partial charge in [-0.3, -0.25) is 4.79 Å². The van der Waals surface area contributed by atoms with Crippen LogP contribution in [0.2, 0.25) is 0 Å². The third kappa shape index (κ3) is 3.32. The maximum Gasteiger partial charge on any atom is 0.247 e. The number of thioether (sulfide) groups is 1. The molecule has 2 aliphatic rings. The fourth-order valence-electron chi connectivity index (χ4n) is 2.71. The van der Waals surface area contributed by atoms with Crippen LogP contribution in [-0.4, -0.2) is 42.3 Å². The van der Waals surface area contributed by atoms with Gasteiger partial charge in [-0.25, -0.2) is 12.8 Å². The molecule has 2 heterocycles. The van der Waals surface area contributed by atoms with Crippen LogP contribution in [-0.2, 0) is 14.6 Å². The maximum absolute atomic E-state index is 14.4. The van der Waals surface area contributed by atoms with Crippen molar-refractivity contribution in [2.45, 2.75) is 24.6 Å². The minimum absolute atomic E-state index is 0.0241. The van der Waals surface area contributed by atoms with Crippen molar-refractivity contribution in [3.63, 3.8) is 0 Å². The summed E-state index contributed by atoms with van der Waals surface area (Å²) in [4.78, 5) is 17.3. The molecular formula is C14H14BrFN2O3S2. The highest BCUT2D eigenvalue weighted by atomic mass is 79.9. The first-order valence-corrected chi connectivity index (χ1v) is 10.5. The van der Waals surface area contributed by atoms with Gasteiger partial charge in [0.2, 0.25) is 5.91 Å². The van der Waals surface area contributed by atoms with Gasteiger partial charge in [0.25, 0.3) is 0 Å². The number of hydrogen-bond acceptors (Lipinski definition) is 4.